The molecule has 15 heavy (non-hydrogen) atoms. The van der Waals surface area contributed by atoms with E-state index in [1.54, 1.807) is 0 Å². The molecule has 0 aliphatic carbocycles. The van der Waals surface area contributed by atoms with Gasteiger partial charge in [0.05, 0.1) is 0 Å². The number of Topliss-reactive ketones (excluding diaryl/α,β-unsaturated/α-hetero) is 1. The number of hydrogen-bond acceptors (Lipinski definition) is 3. The van der Waals surface area contributed by atoms with Crippen molar-refractivity contribution < 1.29 is 14.3 Å². The van der Waals surface area contributed by atoms with E-state index in [2.05, 4.69) is 0 Å². The van der Waals surface area contributed by atoms with Gasteiger partial charge in [-0.15, -0.1) is 0 Å². The summed E-state index contributed by atoms with van der Waals surface area (Å²) in [6.45, 7) is 11.7. The summed E-state index contributed by atoms with van der Waals surface area (Å²) in [6.07, 6.45) is -0.665. The summed E-state index contributed by atoms with van der Waals surface area (Å²) in [5.41, 5.74) is 0. The molecule has 0 saturated carbocycles. The lowest BCUT2D eigenvalue weighted by atomic mass is 9.91. The molecule has 1 heterocycles. The molecular weight excluding hydrogens is 192 g/mol. The molecule has 3 heteroatoms. The standard InChI is InChI=1S/C12H22O3/c1-7(2)10-9(13)11(8(3)4)15-12(5,6)14-10/h7-8,10-11H,1-6H3/t10-,11-/m0/s1. The van der Waals surface area contributed by atoms with Gasteiger partial charge < -0.3 is 9.47 Å². The first kappa shape index (κ1) is 12.7. The minimum absolute atomic E-state index is 0.0827. The van der Waals surface area contributed by atoms with Gasteiger partial charge in [-0.3, -0.25) is 4.79 Å². The Hall–Kier alpha value is -0.410. The minimum atomic E-state index is -0.655. The summed E-state index contributed by atoms with van der Waals surface area (Å²) in [5.74, 6) is -0.180. The first-order valence-corrected chi connectivity index (χ1v) is 5.64. The summed E-state index contributed by atoms with van der Waals surface area (Å²) >= 11 is 0. The molecule has 0 radical (unpaired) electrons. The van der Waals surface area contributed by atoms with Crippen molar-refractivity contribution in [3.63, 3.8) is 0 Å². The smallest absolute Gasteiger partial charge is 0.190 e. The molecule has 0 amide bonds. The van der Waals surface area contributed by atoms with Gasteiger partial charge in [-0.1, -0.05) is 27.7 Å². The van der Waals surface area contributed by atoms with Crippen LogP contribution in [-0.4, -0.2) is 23.8 Å². The van der Waals surface area contributed by atoms with Crippen LogP contribution in [0.15, 0.2) is 0 Å². The molecular formula is C12H22O3. The van der Waals surface area contributed by atoms with Gasteiger partial charge in [0, 0.05) is 0 Å². The molecule has 1 aliphatic heterocycles. The van der Waals surface area contributed by atoms with E-state index in [0.717, 1.165) is 0 Å². The maximum absolute atomic E-state index is 12.0. The molecule has 1 saturated heterocycles. The maximum atomic E-state index is 12.0. The summed E-state index contributed by atoms with van der Waals surface area (Å²) < 4.78 is 11.3. The SMILES string of the molecule is CC(C)[C@@H]1OC(C)(C)O[C@@H](C(C)C)C1=O. The molecule has 1 fully saturated rings. The number of rotatable bonds is 2. The van der Waals surface area contributed by atoms with Gasteiger partial charge in [-0.2, -0.15) is 0 Å². The minimum Gasteiger partial charge on any atom is -0.339 e. The van der Waals surface area contributed by atoms with Crippen LogP contribution in [0.5, 0.6) is 0 Å². The van der Waals surface area contributed by atoms with E-state index in [4.69, 9.17) is 9.47 Å². The molecule has 3 nitrogen and oxygen atoms in total. The second kappa shape index (κ2) is 4.22. The van der Waals surface area contributed by atoms with Crippen molar-refractivity contribution in [3.05, 3.63) is 0 Å². The molecule has 0 aromatic heterocycles. The van der Waals surface area contributed by atoms with Crippen LogP contribution in [-0.2, 0) is 14.3 Å². The molecule has 0 bridgehead atoms. The molecule has 0 aromatic rings. The highest BCUT2D eigenvalue weighted by molar-refractivity contribution is 5.88. The largest absolute Gasteiger partial charge is 0.339 e. The van der Waals surface area contributed by atoms with Gasteiger partial charge in [0.15, 0.2) is 11.6 Å². The van der Waals surface area contributed by atoms with E-state index in [1.807, 2.05) is 41.5 Å². The highest BCUT2D eigenvalue weighted by atomic mass is 16.7. The van der Waals surface area contributed by atoms with Crippen molar-refractivity contribution in [2.45, 2.75) is 59.5 Å². The van der Waals surface area contributed by atoms with Crippen LogP contribution in [0.3, 0.4) is 0 Å². The van der Waals surface area contributed by atoms with Crippen LogP contribution in [0.2, 0.25) is 0 Å². The van der Waals surface area contributed by atoms with Crippen LogP contribution in [0.4, 0.5) is 0 Å². The van der Waals surface area contributed by atoms with Gasteiger partial charge in [0.2, 0.25) is 0 Å². The topological polar surface area (TPSA) is 35.5 Å². The summed E-state index contributed by atoms with van der Waals surface area (Å²) in [4.78, 5) is 12.0. The lowest BCUT2D eigenvalue weighted by molar-refractivity contribution is -0.290. The zero-order valence-electron chi connectivity index (χ0n) is 10.5. The maximum Gasteiger partial charge on any atom is 0.190 e. The fraction of sp³-hybridized carbons (Fsp3) is 0.917. The van der Waals surface area contributed by atoms with Gasteiger partial charge >= 0.3 is 0 Å². The van der Waals surface area contributed by atoms with Gasteiger partial charge in [-0.05, 0) is 25.7 Å². The van der Waals surface area contributed by atoms with Crippen molar-refractivity contribution in [1.82, 2.24) is 0 Å². The molecule has 0 spiro atoms. The molecule has 2 atom stereocenters. The van der Waals surface area contributed by atoms with Crippen molar-refractivity contribution in [2.75, 3.05) is 0 Å². The van der Waals surface area contributed by atoms with Gasteiger partial charge in [0.1, 0.15) is 12.2 Å². The Morgan fingerprint density at radius 2 is 1.33 bits per heavy atom. The van der Waals surface area contributed by atoms with E-state index < -0.39 is 5.79 Å². The zero-order chi connectivity index (χ0) is 11.8. The van der Waals surface area contributed by atoms with E-state index >= 15 is 0 Å². The second-order valence-corrected chi connectivity index (χ2v) is 5.37. The van der Waals surface area contributed by atoms with E-state index in [0.29, 0.717) is 0 Å². The van der Waals surface area contributed by atoms with Gasteiger partial charge in [0.25, 0.3) is 0 Å². The highest BCUT2D eigenvalue weighted by Crippen LogP contribution is 2.30. The fourth-order valence-electron chi connectivity index (χ4n) is 1.85. The molecule has 1 aliphatic rings. The molecule has 0 unspecified atom stereocenters. The second-order valence-electron chi connectivity index (χ2n) is 5.37. The van der Waals surface area contributed by atoms with Crippen LogP contribution >= 0.6 is 0 Å². The fourth-order valence-corrected chi connectivity index (χ4v) is 1.85. The first-order chi connectivity index (χ1) is 6.74. The third-order valence-corrected chi connectivity index (χ3v) is 2.59. The monoisotopic (exact) mass is 214 g/mol. The average molecular weight is 214 g/mol. The summed E-state index contributed by atoms with van der Waals surface area (Å²) in [5, 5.41) is 0. The van der Waals surface area contributed by atoms with Crippen LogP contribution in [0.1, 0.15) is 41.5 Å². The Morgan fingerprint density at radius 1 is 1.00 bits per heavy atom. The molecule has 0 N–H and O–H groups in total. The number of carbonyl (C=O) groups excluding carboxylic acids is 1. The highest BCUT2D eigenvalue weighted by Gasteiger charge is 2.44. The predicted molar refractivity (Wildman–Crippen MR) is 58.5 cm³/mol. The van der Waals surface area contributed by atoms with Crippen molar-refractivity contribution in [1.29, 1.82) is 0 Å². The number of ketones is 1. The lowest BCUT2D eigenvalue weighted by Crippen LogP contribution is -2.54. The average Bonchev–Trinajstić information content (AvgIpc) is 2.07. The Kier molecular flexibility index (Phi) is 3.56. The Labute approximate surface area is 92.1 Å². The van der Waals surface area contributed by atoms with Crippen molar-refractivity contribution in [3.8, 4) is 0 Å². The quantitative estimate of drug-likeness (QED) is 0.708. The number of ether oxygens (including phenoxy) is 2. The summed E-state index contributed by atoms with van der Waals surface area (Å²) in [6, 6.07) is 0. The first-order valence-electron chi connectivity index (χ1n) is 5.64. The number of carbonyl (C=O) groups is 1. The normalized spacial score (nSPS) is 31.3. The van der Waals surface area contributed by atoms with E-state index in [1.165, 1.54) is 0 Å². The van der Waals surface area contributed by atoms with Crippen LogP contribution in [0, 0.1) is 11.8 Å². The predicted octanol–water partition coefficient (Wildman–Crippen LogP) is 2.39. The van der Waals surface area contributed by atoms with Gasteiger partial charge in [-0.25, -0.2) is 0 Å². The molecule has 88 valence electrons. The summed E-state index contributed by atoms with van der Waals surface area (Å²) in [7, 11) is 0. The number of hydrogen-bond donors (Lipinski definition) is 0. The third-order valence-electron chi connectivity index (χ3n) is 2.59. The Balaban J connectivity index is 2.89. The lowest BCUT2D eigenvalue weighted by Gasteiger charge is -2.42. The van der Waals surface area contributed by atoms with Crippen LogP contribution in [0.25, 0.3) is 0 Å². The molecule has 0 aromatic carbocycles. The molecule has 1 rings (SSSR count). The van der Waals surface area contributed by atoms with E-state index in [-0.39, 0.29) is 29.8 Å². The Bertz CT molecular complexity index is 221. The van der Waals surface area contributed by atoms with Crippen molar-refractivity contribution in [2.24, 2.45) is 11.8 Å². The van der Waals surface area contributed by atoms with Crippen LogP contribution < -0.4 is 0 Å². The van der Waals surface area contributed by atoms with Crippen molar-refractivity contribution >= 4 is 5.78 Å². The Morgan fingerprint density at radius 3 is 1.60 bits per heavy atom. The third kappa shape index (κ3) is 2.79. The zero-order valence-corrected chi connectivity index (χ0v) is 10.5. The van der Waals surface area contributed by atoms with E-state index in [9.17, 15) is 4.79 Å².